The fourth-order valence-corrected chi connectivity index (χ4v) is 4.65. The topological polar surface area (TPSA) is 126 Å². The van der Waals surface area contributed by atoms with Gasteiger partial charge < -0.3 is 4.90 Å². The minimum atomic E-state index is -3.53. The number of hydrogen-bond donors (Lipinski definition) is 2. The highest BCUT2D eigenvalue weighted by molar-refractivity contribution is 7.89. The fraction of sp³-hybridized carbons (Fsp3) is 0.300. The Balaban J connectivity index is 1.46. The van der Waals surface area contributed by atoms with Gasteiger partial charge in [0.1, 0.15) is 0 Å². The molecule has 10 nitrogen and oxygen atoms in total. The number of sulfonamides is 1. The van der Waals surface area contributed by atoms with Crippen LogP contribution in [0.2, 0.25) is 0 Å². The molecule has 1 saturated heterocycles. The largest absolute Gasteiger partial charge is 0.325 e. The molecule has 0 saturated carbocycles. The van der Waals surface area contributed by atoms with Crippen LogP contribution in [-0.2, 0) is 14.8 Å². The fourth-order valence-electron chi connectivity index (χ4n) is 3.21. The third-order valence-corrected chi connectivity index (χ3v) is 6.92. The molecule has 0 atom stereocenters. The third-order valence-electron chi connectivity index (χ3n) is 5.01. The first-order chi connectivity index (χ1) is 14.8. The van der Waals surface area contributed by atoms with E-state index >= 15 is 0 Å². The number of carbonyl (C=O) groups is 1. The lowest BCUT2D eigenvalue weighted by atomic mass is 10.2. The average molecular weight is 447 g/mol. The SMILES string of the molecule is Cc1ccc(S(=O)(=O)N2CC[NH+](CC(=O)N/N=C/c3ccc([N+](=O)[O-])cc3)CC2)cc1. The van der Waals surface area contributed by atoms with Gasteiger partial charge in [0, 0.05) is 12.1 Å². The van der Waals surface area contributed by atoms with Gasteiger partial charge in [-0.3, -0.25) is 14.9 Å². The summed E-state index contributed by atoms with van der Waals surface area (Å²) >= 11 is 0. The summed E-state index contributed by atoms with van der Waals surface area (Å²) in [5.74, 6) is -0.289. The summed E-state index contributed by atoms with van der Waals surface area (Å²) in [4.78, 5) is 23.5. The molecule has 2 aromatic carbocycles. The predicted octanol–water partition coefficient (Wildman–Crippen LogP) is -0.0573. The number of aryl methyl sites for hydroxylation is 1. The number of nitro benzene ring substituents is 1. The molecule has 0 spiro atoms. The van der Waals surface area contributed by atoms with E-state index < -0.39 is 14.9 Å². The first-order valence-electron chi connectivity index (χ1n) is 9.72. The number of carbonyl (C=O) groups excluding carboxylic acids is 1. The molecule has 1 aliphatic rings. The van der Waals surface area contributed by atoms with Gasteiger partial charge >= 0.3 is 0 Å². The lowest BCUT2D eigenvalue weighted by molar-refractivity contribution is -0.895. The number of quaternary nitrogens is 1. The van der Waals surface area contributed by atoms with Gasteiger partial charge in [0.05, 0.1) is 42.2 Å². The maximum atomic E-state index is 12.7. The summed E-state index contributed by atoms with van der Waals surface area (Å²) in [6.07, 6.45) is 1.41. The molecule has 2 N–H and O–H groups in total. The Morgan fingerprint density at radius 1 is 1.16 bits per heavy atom. The van der Waals surface area contributed by atoms with E-state index in [1.807, 2.05) is 6.92 Å². The third kappa shape index (κ3) is 5.94. The van der Waals surface area contributed by atoms with Gasteiger partial charge in [0.2, 0.25) is 10.0 Å². The number of nitrogens with one attached hydrogen (secondary N) is 2. The molecule has 0 aliphatic carbocycles. The molecule has 1 fully saturated rings. The molecule has 0 aromatic heterocycles. The van der Waals surface area contributed by atoms with Crippen molar-refractivity contribution in [3.63, 3.8) is 0 Å². The van der Waals surface area contributed by atoms with Crippen LogP contribution in [0.15, 0.2) is 58.5 Å². The van der Waals surface area contributed by atoms with E-state index in [2.05, 4.69) is 10.5 Å². The van der Waals surface area contributed by atoms with Gasteiger partial charge in [-0.2, -0.15) is 9.41 Å². The van der Waals surface area contributed by atoms with Crippen molar-refractivity contribution in [1.29, 1.82) is 0 Å². The van der Waals surface area contributed by atoms with Crippen LogP contribution in [-0.4, -0.2) is 62.5 Å². The van der Waals surface area contributed by atoms with E-state index in [1.54, 1.807) is 24.3 Å². The van der Waals surface area contributed by atoms with Crippen molar-refractivity contribution in [3.8, 4) is 0 Å². The van der Waals surface area contributed by atoms with E-state index in [1.165, 1.54) is 34.8 Å². The lowest BCUT2D eigenvalue weighted by Gasteiger charge is -2.31. The first kappa shape index (κ1) is 22.5. The van der Waals surface area contributed by atoms with Gasteiger partial charge in [-0.1, -0.05) is 17.7 Å². The van der Waals surface area contributed by atoms with Crippen molar-refractivity contribution in [1.82, 2.24) is 9.73 Å². The van der Waals surface area contributed by atoms with E-state index in [9.17, 15) is 23.3 Å². The predicted molar refractivity (Wildman–Crippen MR) is 114 cm³/mol. The van der Waals surface area contributed by atoms with Crippen molar-refractivity contribution in [2.45, 2.75) is 11.8 Å². The molecule has 1 heterocycles. The molecule has 164 valence electrons. The molecule has 11 heteroatoms. The zero-order chi connectivity index (χ0) is 22.4. The second-order valence-corrected chi connectivity index (χ2v) is 9.22. The van der Waals surface area contributed by atoms with Crippen LogP contribution < -0.4 is 10.3 Å². The summed E-state index contributed by atoms with van der Waals surface area (Å²) in [6, 6.07) is 12.6. The van der Waals surface area contributed by atoms with Crippen LogP contribution in [0.5, 0.6) is 0 Å². The molecule has 0 unspecified atom stereocenters. The highest BCUT2D eigenvalue weighted by atomic mass is 32.2. The summed E-state index contributed by atoms with van der Waals surface area (Å²) in [6.45, 7) is 3.79. The standard InChI is InChI=1S/C20H23N5O5S/c1-16-2-8-19(9-3-16)31(29,30)24-12-10-23(11-13-24)15-20(26)22-21-14-17-4-6-18(7-5-17)25(27)28/h2-9,14H,10-13,15H2,1H3,(H,22,26)/p+1/b21-14+. The Labute approximate surface area is 180 Å². The van der Waals surface area contributed by atoms with E-state index in [0.29, 0.717) is 31.7 Å². The normalized spacial score (nSPS) is 15.8. The molecule has 31 heavy (non-hydrogen) atoms. The van der Waals surface area contributed by atoms with Gasteiger partial charge in [-0.05, 0) is 36.8 Å². The number of amides is 1. The summed E-state index contributed by atoms with van der Waals surface area (Å²) in [5.41, 5.74) is 4.03. The second-order valence-electron chi connectivity index (χ2n) is 7.29. The van der Waals surface area contributed by atoms with Crippen molar-refractivity contribution in [2.24, 2.45) is 5.10 Å². The Morgan fingerprint density at radius 3 is 2.35 bits per heavy atom. The van der Waals surface area contributed by atoms with Crippen molar-refractivity contribution < 1.29 is 23.0 Å². The maximum Gasteiger partial charge on any atom is 0.295 e. The van der Waals surface area contributed by atoms with Crippen molar-refractivity contribution >= 4 is 27.8 Å². The van der Waals surface area contributed by atoms with Gasteiger partial charge in [-0.25, -0.2) is 13.8 Å². The Bertz CT molecular complexity index is 1060. The van der Waals surface area contributed by atoms with Crippen molar-refractivity contribution in [2.75, 3.05) is 32.7 Å². The minimum Gasteiger partial charge on any atom is -0.325 e. The van der Waals surface area contributed by atoms with Crippen LogP contribution in [0.1, 0.15) is 11.1 Å². The van der Waals surface area contributed by atoms with E-state index in [4.69, 9.17) is 0 Å². The molecule has 0 bridgehead atoms. The molecular formula is C20H24N5O5S+. The lowest BCUT2D eigenvalue weighted by Crippen LogP contribution is -3.15. The van der Waals surface area contributed by atoms with Crippen LogP contribution in [0.25, 0.3) is 0 Å². The minimum absolute atomic E-state index is 0.0201. The smallest absolute Gasteiger partial charge is 0.295 e. The second kappa shape index (κ2) is 9.77. The number of rotatable bonds is 7. The van der Waals surface area contributed by atoms with Gasteiger partial charge in [0.15, 0.2) is 6.54 Å². The number of benzene rings is 2. The number of hydrogen-bond acceptors (Lipinski definition) is 6. The quantitative estimate of drug-likeness (QED) is 0.350. The highest BCUT2D eigenvalue weighted by Gasteiger charge is 2.31. The monoisotopic (exact) mass is 446 g/mol. The molecule has 0 radical (unpaired) electrons. The Kier molecular flexibility index (Phi) is 7.10. The first-order valence-corrected chi connectivity index (χ1v) is 11.2. The molecule has 3 rings (SSSR count). The summed E-state index contributed by atoms with van der Waals surface area (Å²) in [5, 5.41) is 14.5. The number of hydrazone groups is 1. The van der Waals surface area contributed by atoms with Crippen LogP contribution >= 0.6 is 0 Å². The van der Waals surface area contributed by atoms with Crippen molar-refractivity contribution in [3.05, 3.63) is 69.8 Å². The number of nitrogens with zero attached hydrogens (tertiary/aromatic N) is 3. The Morgan fingerprint density at radius 2 is 1.77 bits per heavy atom. The van der Waals surface area contributed by atoms with Gasteiger partial charge in [0.25, 0.3) is 11.6 Å². The highest BCUT2D eigenvalue weighted by Crippen LogP contribution is 2.16. The molecule has 2 aromatic rings. The van der Waals surface area contributed by atoms with E-state index in [-0.39, 0.29) is 23.0 Å². The Hall–Kier alpha value is -3.15. The summed E-state index contributed by atoms with van der Waals surface area (Å²) < 4.78 is 26.9. The van der Waals surface area contributed by atoms with Crippen LogP contribution in [0.3, 0.4) is 0 Å². The number of piperazine rings is 1. The average Bonchev–Trinajstić information content (AvgIpc) is 2.75. The van der Waals surface area contributed by atoms with Crippen LogP contribution in [0, 0.1) is 17.0 Å². The number of non-ortho nitro benzene ring substituents is 1. The van der Waals surface area contributed by atoms with Gasteiger partial charge in [-0.15, -0.1) is 0 Å². The zero-order valence-electron chi connectivity index (χ0n) is 17.0. The molecular weight excluding hydrogens is 422 g/mol. The van der Waals surface area contributed by atoms with E-state index in [0.717, 1.165) is 10.5 Å². The summed E-state index contributed by atoms with van der Waals surface area (Å²) in [7, 11) is -3.53. The molecule has 1 aliphatic heterocycles. The molecule has 1 amide bonds. The number of nitro groups is 1. The zero-order valence-corrected chi connectivity index (χ0v) is 17.8. The maximum absolute atomic E-state index is 12.7. The van der Waals surface area contributed by atoms with Crippen LogP contribution in [0.4, 0.5) is 5.69 Å².